The lowest BCUT2D eigenvalue weighted by molar-refractivity contribution is -0.0905. The van der Waals surface area contributed by atoms with Crippen LogP contribution in [0.3, 0.4) is 0 Å². The van der Waals surface area contributed by atoms with Gasteiger partial charge in [-0.05, 0) is 0 Å². The van der Waals surface area contributed by atoms with Crippen LogP contribution in [0.25, 0.3) is 0 Å². The topological polar surface area (TPSA) is 0 Å². The van der Waals surface area contributed by atoms with Gasteiger partial charge in [0.1, 0.15) is 5.83 Å². The molecule has 0 saturated heterocycles. The molecule has 0 radical (unpaired) electrons. The molecule has 0 aromatic carbocycles. The van der Waals surface area contributed by atoms with Gasteiger partial charge in [0.05, 0.1) is 5.57 Å². The van der Waals surface area contributed by atoms with Gasteiger partial charge in [0.15, 0.2) is 0 Å². The average molecular weight is 200 g/mol. The molecule has 0 N–H and O–H groups in total. The Balaban J connectivity index is -0.000000107. The largest absolute Gasteiger partial charge is 0.418 e. The van der Waals surface area contributed by atoms with Crippen LogP contribution in [-0.4, -0.2) is 6.18 Å². The SMILES string of the molecule is C=C(F)C(=C)C(F)(F)F.F.F.F. The zero-order valence-electron chi connectivity index (χ0n) is 5.65. The first-order valence-corrected chi connectivity index (χ1v) is 1.96. The van der Waals surface area contributed by atoms with Crippen LogP contribution < -0.4 is 0 Å². The first-order chi connectivity index (χ1) is 3.85. The zero-order chi connectivity index (χ0) is 7.65. The Kier molecular flexibility index (Phi) is 12.5. The highest BCUT2D eigenvalue weighted by atomic mass is 19.4. The van der Waals surface area contributed by atoms with Crippen LogP contribution >= 0.6 is 0 Å². The minimum atomic E-state index is -4.69. The molecule has 0 aliphatic carbocycles. The second kappa shape index (κ2) is 6.68. The molecule has 0 unspecified atom stereocenters. The van der Waals surface area contributed by atoms with Crippen molar-refractivity contribution in [2.24, 2.45) is 0 Å². The highest BCUT2D eigenvalue weighted by molar-refractivity contribution is 5.23. The fourth-order valence-corrected chi connectivity index (χ4v) is 0.154. The molecule has 76 valence electrons. The van der Waals surface area contributed by atoms with Crippen molar-refractivity contribution in [3.63, 3.8) is 0 Å². The zero-order valence-corrected chi connectivity index (χ0v) is 5.65. The van der Waals surface area contributed by atoms with Crippen LogP contribution in [0.4, 0.5) is 31.7 Å². The quantitative estimate of drug-likeness (QED) is 0.450. The molecule has 0 fully saturated rings. The lowest BCUT2D eigenvalue weighted by Crippen LogP contribution is -2.10. The average Bonchev–Trinajstić information content (AvgIpc) is 1.62. The van der Waals surface area contributed by atoms with Gasteiger partial charge in [-0.25, -0.2) is 4.39 Å². The van der Waals surface area contributed by atoms with Gasteiger partial charge in [-0.2, -0.15) is 13.2 Å². The summed E-state index contributed by atoms with van der Waals surface area (Å²) >= 11 is 0. The van der Waals surface area contributed by atoms with E-state index in [-0.39, 0.29) is 14.1 Å². The van der Waals surface area contributed by atoms with Crippen LogP contribution in [0.5, 0.6) is 0 Å². The van der Waals surface area contributed by atoms with Gasteiger partial charge in [-0.15, -0.1) is 0 Å². The lowest BCUT2D eigenvalue weighted by Gasteiger charge is -2.05. The Morgan fingerprint density at radius 2 is 1.17 bits per heavy atom. The van der Waals surface area contributed by atoms with Gasteiger partial charge in [0.25, 0.3) is 0 Å². The number of rotatable bonds is 1. The molecular formula is C5H7F7. The van der Waals surface area contributed by atoms with Crippen molar-refractivity contribution >= 4 is 0 Å². The maximum Gasteiger partial charge on any atom is 0.418 e. The minimum Gasteiger partial charge on any atom is -0.269 e. The Bertz CT molecular complexity index is 144. The number of hydrogen-bond acceptors (Lipinski definition) is 0. The van der Waals surface area contributed by atoms with Crippen LogP contribution in [0, 0.1) is 0 Å². The Hall–Kier alpha value is -1.01. The number of halogens is 7. The smallest absolute Gasteiger partial charge is 0.269 e. The molecule has 0 bridgehead atoms. The standard InChI is InChI=1S/C5H4F4.3FH/c1-3(4(2)6)5(7,8)9;;;/h1-2H2;3*1H. The van der Waals surface area contributed by atoms with Gasteiger partial charge in [0, 0.05) is 0 Å². The number of allylic oxidation sites excluding steroid dienone is 2. The van der Waals surface area contributed by atoms with Gasteiger partial charge in [0.2, 0.25) is 0 Å². The van der Waals surface area contributed by atoms with Crippen molar-refractivity contribution in [1.29, 1.82) is 0 Å². The van der Waals surface area contributed by atoms with E-state index in [9.17, 15) is 17.6 Å². The van der Waals surface area contributed by atoms with Gasteiger partial charge in [-0.1, -0.05) is 13.2 Å². The second-order valence-electron chi connectivity index (χ2n) is 1.38. The first kappa shape index (κ1) is 22.4. The van der Waals surface area contributed by atoms with E-state index in [0.717, 1.165) is 0 Å². The molecule has 0 rings (SSSR count). The van der Waals surface area contributed by atoms with E-state index in [0.29, 0.717) is 0 Å². The molecule has 0 aromatic rings. The monoisotopic (exact) mass is 200 g/mol. The molecule has 0 aliphatic rings. The summed E-state index contributed by atoms with van der Waals surface area (Å²) in [5, 5.41) is 0. The van der Waals surface area contributed by atoms with Gasteiger partial charge in [-0.3, -0.25) is 14.1 Å². The second-order valence-corrected chi connectivity index (χ2v) is 1.38. The van der Waals surface area contributed by atoms with Crippen molar-refractivity contribution in [3.8, 4) is 0 Å². The molecule has 0 spiro atoms. The minimum absolute atomic E-state index is 0. The Labute approximate surface area is 63.7 Å². The highest BCUT2D eigenvalue weighted by Crippen LogP contribution is 2.28. The van der Waals surface area contributed by atoms with Crippen molar-refractivity contribution < 1.29 is 31.7 Å². The van der Waals surface area contributed by atoms with Crippen LogP contribution in [0.15, 0.2) is 24.6 Å². The molecule has 0 saturated carbocycles. The summed E-state index contributed by atoms with van der Waals surface area (Å²) in [5.74, 6) is -1.54. The third-order valence-electron chi connectivity index (χ3n) is 0.670. The summed E-state index contributed by atoms with van der Waals surface area (Å²) < 4.78 is 45.5. The fraction of sp³-hybridized carbons (Fsp3) is 0.200. The van der Waals surface area contributed by atoms with Gasteiger partial charge >= 0.3 is 6.18 Å². The van der Waals surface area contributed by atoms with E-state index >= 15 is 0 Å². The van der Waals surface area contributed by atoms with E-state index in [2.05, 4.69) is 13.2 Å². The van der Waals surface area contributed by atoms with E-state index in [1.54, 1.807) is 0 Å². The van der Waals surface area contributed by atoms with Crippen molar-refractivity contribution in [1.82, 2.24) is 0 Å². The summed E-state index contributed by atoms with van der Waals surface area (Å²) in [6.07, 6.45) is -4.69. The molecule has 7 heteroatoms. The maximum absolute atomic E-state index is 11.6. The van der Waals surface area contributed by atoms with Gasteiger partial charge < -0.3 is 0 Å². The molecule has 0 amide bonds. The lowest BCUT2D eigenvalue weighted by atomic mass is 10.3. The van der Waals surface area contributed by atoms with E-state index < -0.39 is 17.6 Å². The summed E-state index contributed by atoms with van der Waals surface area (Å²) in [4.78, 5) is 0. The molecule has 0 aliphatic heterocycles. The van der Waals surface area contributed by atoms with E-state index in [1.165, 1.54) is 0 Å². The predicted octanol–water partition coefficient (Wildman–Crippen LogP) is 3.05. The maximum atomic E-state index is 11.6. The van der Waals surface area contributed by atoms with Crippen molar-refractivity contribution in [3.05, 3.63) is 24.6 Å². The highest BCUT2D eigenvalue weighted by Gasteiger charge is 2.33. The van der Waals surface area contributed by atoms with Crippen LogP contribution in [0.1, 0.15) is 0 Å². The first-order valence-electron chi connectivity index (χ1n) is 1.96. The number of alkyl halides is 3. The van der Waals surface area contributed by atoms with Crippen molar-refractivity contribution in [2.75, 3.05) is 0 Å². The summed E-state index contributed by atoms with van der Waals surface area (Å²) in [7, 11) is 0. The van der Waals surface area contributed by atoms with E-state index in [4.69, 9.17) is 0 Å². The third kappa shape index (κ3) is 7.10. The number of hydrogen-bond donors (Lipinski definition) is 0. The summed E-state index contributed by atoms with van der Waals surface area (Å²) in [6, 6.07) is 0. The molecule has 0 aromatic heterocycles. The molecule has 0 atom stereocenters. The molecular weight excluding hydrogens is 193 g/mol. The predicted molar refractivity (Wildman–Crippen MR) is 33.0 cm³/mol. The van der Waals surface area contributed by atoms with Crippen LogP contribution in [0.2, 0.25) is 0 Å². The summed E-state index contributed by atoms with van der Waals surface area (Å²) in [5.41, 5.74) is -1.53. The molecule has 0 heterocycles. The molecule has 0 nitrogen and oxygen atoms in total. The van der Waals surface area contributed by atoms with E-state index in [1.807, 2.05) is 0 Å². The fourth-order valence-electron chi connectivity index (χ4n) is 0.154. The normalized spacial score (nSPS) is 8.33. The summed E-state index contributed by atoms with van der Waals surface area (Å²) in [6.45, 7) is 4.86. The Morgan fingerprint density at radius 3 is 1.17 bits per heavy atom. The third-order valence-corrected chi connectivity index (χ3v) is 0.670. The molecule has 12 heavy (non-hydrogen) atoms. The van der Waals surface area contributed by atoms with Crippen LogP contribution in [-0.2, 0) is 0 Å². The van der Waals surface area contributed by atoms with Crippen molar-refractivity contribution in [2.45, 2.75) is 6.18 Å². The Morgan fingerprint density at radius 1 is 0.917 bits per heavy atom.